The molecule has 5 aromatic rings. The molecule has 1 atom stereocenters. The van der Waals surface area contributed by atoms with Gasteiger partial charge in [0.15, 0.2) is 23.1 Å². The maximum absolute atomic E-state index is 15.7. The number of piperazine rings is 1. The maximum Gasteiger partial charge on any atom is 0.414 e. The second-order valence-corrected chi connectivity index (χ2v) is 11.7. The van der Waals surface area contributed by atoms with Gasteiger partial charge in [-0.1, -0.05) is 5.16 Å². The summed E-state index contributed by atoms with van der Waals surface area (Å²) >= 11 is 0. The van der Waals surface area contributed by atoms with E-state index in [1.807, 2.05) is 0 Å². The first-order valence-corrected chi connectivity index (χ1v) is 15.9. The molecule has 2 aliphatic heterocycles. The van der Waals surface area contributed by atoms with Gasteiger partial charge in [0.25, 0.3) is 0 Å². The van der Waals surface area contributed by atoms with E-state index < -0.39 is 52.4 Å². The summed E-state index contributed by atoms with van der Waals surface area (Å²) in [5, 5.41) is 6.43. The molecule has 0 saturated carbocycles. The normalized spacial score (nSPS) is 16.1. The fraction of sp³-hybridized carbons (Fsp3) is 0.265. The lowest BCUT2D eigenvalue weighted by Crippen LogP contribution is -2.47. The van der Waals surface area contributed by atoms with Crippen molar-refractivity contribution in [2.24, 2.45) is 0 Å². The number of benzene rings is 2. The molecule has 0 aliphatic carbocycles. The Kier molecular flexibility index (Phi) is 8.93. The Hall–Kier alpha value is -6.13. The minimum Gasteiger partial charge on any atom is -0.462 e. The van der Waals surface area contributed by atoms with E-state index in [4.69, 9.17) is 14.0 Å². The molecule has 51 heavy (non-hydrogen) atoms. The van der Waals surface area contributed by atoms with Crippen molar-refractivity contribution in [1.82, 2.24) is 14.7 Å². The minimum absolute atomic E-state index is 0.0512. The third-order valence-corrected chi connectivity index (χ3v) is 8.56. The first kappa shape index (κ1) is 33.4. The van der Waals surface area contributed by atoms with Crippen LogP contribution in [0.2, 0.25) is 0 Å². The molecule has 1 N–H and O–H groups in total. The summed E-state index contributed by atoms with van der Waals surface area (Å²) in [5.74, 6) is -3.97. The topological polar surface area (TPSA) is 135 Å². The number of nitrogens with zero attached hydrogens (tertiary/aromatic N) is 6. The Morgan fingerprint density at radius 2 is 1.69 bits per heavy atom. The molecule has 17 heteroatoms. The van der Waals surface area contributed by atoms with Gasteiger partial charge in [-0.15, -0.1) is 0 Å². The number of aromatic nitrogens is 3. The summed E-state index contributed by atoms with van der Waals surface area (Å²) in [6.07, 6.45) is 1.33. The van der Waals surface area contributed by atoms with Gasteiger partial charge in [0, 0.05) is 44.5 Å². The SMILES string of the molecule is CCOC(=O)c1cn(-c2ccc(F)cc2F)c2nc(N3CCN(c4ccc(N5C[C@H](CNc6ccon6)OC5=O)cc4F)CC3)c(F)cc2c1=O. The van der Waals surface area contributed by atoms with E-state index in [0.29, 0.717) is 17.6 Å². The van der Waals surface area contributed by atoms with Crippen LogP contribution in [0.3, 0.4) is 0 Å². The quantitative estimate of drug-likeness (QED) is 0.166. The van der Waals surface area contributed by atoms with Gasteiger partial charge in [-0.3, -0.25) is 14.3 Å². The van der Waals surface area contributed by atoms with E-state index in [-0.39, 0.29) is 74.1 Å². The highest BCUT2D eigenvalue weighted by molar-refractivity contribution is 5.94. The third kappa shape index (κ3) is 6.49. The van der Waals surface area contributed by atoms with Gasteiger partial charge < -0.3 is 29.1 Å². The number of nitrogens with one attached hydrogen (secondary N) is 1. The molecule has 264 valence electrons. The van der Waals surface area contributed by atoms with Crippen molar-refractivity contribution in [2.45, 2.75) is 13.0 Å². The summed E-state index contributed by atoms with van der Waals surface area (Å²) < 4.78 is 76.2. The van der Waals surface area contributed by atoms with Gasteiger partial charge in [-0.05, 0) is 43.3 Å². The van der Waals surface area contributed by atoms with Crippen molar-refractivity contribution < 1.29 is 41.1 Å². The zero-order chi connectivity index (χ0) is 35.8. The molecular formula is C34H29F4N7O6. The van der Waals surface area contributed by atoms with E-state index in [1.54, 1.807) is 28.0 Å². The van der Waals surface area contributed by atoms with Crippen LogP contribution < -0.4 is 25.4 Å². The zero-order valence-corrected chi connectivity index (χ0v) is 26.9. The van der Waals surface area contributed by atoms with Crippen molar-refractivity contribution >= 4 is 46.1 Å². The van der Waals surface area contributed by atoms with Crippen molar-refractivity contribution in [3.05, 3.63) is 100 Å². The van der Waals surface area contributed by atoms with Gasteiger partial charge in [0.05, 0.1) is 42.1 Å². The summed E-state index contributed by atoms with van der Waals surface area (Å²) in [6, 6.07) is 9.69. The summed E-state index contributed by atoms with van der Waals surface area (Å²) in [6.45, 7) is 2.83. The molecule has 2 aliphatic rings. The lowest BCUT2D eigenvalue weighted by Gasteiger charge is -2.37. The smallest absolute Gasteiger partial charge is 0.414 e. The second kappa shape index (κ2) is 13.6. The van der Waals surface area contributed by atoms with Gasteiger partial charge >= 0.3 is 12.1 Å². The van der Waals surface area contributed by atoms with E-state index >= 15 is 13.2 Å². The number of carbonyl (C=O) groups excluding carboxylic acids is 2. The number of carbonyl (C=O) groups is 2. The number of fused-ring (bicyclic) bond motifs is 1. The standard InChI is InChI=1S/C34H29F4N7O6/c1-2-49-33(47)23-18-45(28-5-3-19(35)13-24(28)36)31-22(30(23)46)15-26(38)32(40-31)43-10-8-42(9-11-43)27-6-4-20(14-25(27)37)44-17-21(51-34(44)48)16-39-29-7-12-50-41-29/h3-7,12-15,18,21H,2,8-11,16-17H2,1H3,(H,39,41)/t21-/m0/s1. The lowest BCUT2D eigenvalue weighted by molar-refractivity contribution is 0.0524. The molecule has 3 aromatic heterocycles. The molecule has 2 aromatic carbocycles. The predicted molar refractivity (Wildman–Crippen MR) is 177 cm³/mol. The first-order valence-electron chi connectivity index (χ1n) is 15.9. The lowest BCUT2D eigenvalue weighted by atomic mass is 10.1. The Morgan fingerprint density at radius 3 is 2.39 bits per heavy atom. The van der Waals surface area contributed by atoms with Gasteiger partial charge in [-0.25, -0.2) is 32.1 Å². The fourth-order valence-electron chi connectivity index (χ4n) is 6.09. The molecule has 1 amide bonds. The molecule has 0 bridgehead atoms. The summed E-state index contributed by atoms with van der Waals surface area (Å²) in [4.78, 5) is 47.5. The number of amides is 1. The summed E-state index contributed by atoms with van der Waals surface area (Å²) in [7, 11) is 0. The van der Waals surface area contributed by atoms with Gasteiger partial charge in [-0.2, -0.15) is 0 Å². The fourth-order valence-corrected chi connectivity index (χ4v) is 6.09. The molecule has 0 spiro atoms. The van der Waals surface area contributed by atoms with Crippen molar-refractivity contribution in [3.63, 3.8) is 0 Å². The number of pyridine rings is 2. The number of hydrogen-bond acceptors (Lipinski definition) is 11. The van der Waals surface area contributed by atoms with Crippen LogP contribution in [0.1, 0.15) is 17.3 Å². The molecule has 2 fully saturated rings. The Balaban J connectivity index is 1.10. The maximum atomic E-state index is 15.7. The van der Waals surface area contributed by atoms with Crippen LogP contribution in [0.15, 0.2) is 70.3 Å². The van der Waals surface area contributed by atoms with E-state index in [0.717, 1.165) is 29.0 Å². The van der Waals surface area contributed by atoms with Crippen LogP contribution in [0.4, 0.5) is 45.4 Å². The van der Waals surface area contributed by atoms with Crippen LogP contribution in [-0.2, 0) is 9.47 Å². The number of halogens is 4. The van der Waals surface area contributed by atoms with Crippen molar-refractivity contribution in [3.8, 4) is 5.69 Å². The van der Waals surface area contributed by atoms with E-state index in [9.17, 15) is 18.8 Å². The molecular weight excluding hydrogens is 678 g/mol. The average molecular weight is 708 g/mol. The minimum atomic E-state index is -1.01. The molecule has 5 heterocycles. The first-order chi connectivity index (χ1) is 24.6. The van der Waals surface area contributed by atoms with Gasteiger partial charge in [0.1, 0.15) is 35.4 Å². The second-order valence-electron chi connectivity index (χ2n) is 11.7. The largest absolute Gasteiger partial charge is 0.462 e. The van der Waals surface area contributed by atoms with Crippen LogP contribution in [0.25, 0.3) is 16.7 Å². The molecule has 0 radical (unpaired) electrons. The van der Waals surface area contributed by atoms with Crippen LogP contribution in [0, 0.1) is 23.3 Å². The highest BCUT2D eigenvalue weighted by Gasteiger charge is 2.33. The van der Waals surface area contributed by atoms with Crippen LogP contribution in [0.5, 0.6) is 0 Å². The van der Waals surface area contributed by atoms with Crippen LogP contribution >= 0.6 is 0 Å². The van der Waals surface area contributed by atoms with Crippen molar-refractivity contribution in [1.29, 1.82) is 0 Å². The summed E-state index contributed by atoms with van der Waals surface area (Å²) in [5.41, 5.74) is -1.16. The predicted octanol–water partition coefficient (Wildman–Crippen LogP) is 4.87. The number of hydrogen-bond donors (Lipinski definition) is 1. The highest BCUT2D eigenvalue weighted by atomic mass is 19.1. The number of rotatable bonds is 9. The Bertz CT molecular complexity index is 2190. The monoisotopic (exact) mass is 707 g/mol. The Labute approximate surface area is 286 Å². The number of esters is 1. The Morgan fingerprint density at radius 1 is 0.941 bits per heavy atom. The van der Waals surface area contributed by atoms with Crippen molar-refractivity contribution in [2.75, 3.05) is 65.9 Å². The number of ether oxygens (including phenoxy) is 2. The van der Waals surface area contributed by atoms with Crippen LogP contribution in [-0.4, -0.2) is 78.7 Å². The molecule has 13 nitrogen and oxygen atoms in total. The zero-order valence-electron chi connectivity index (χ0n) is 26.9. The molecule has 2 saturated heterocycles. The van der Waals surface area contributed by atoms with Gasteiger partial charge in [0.2, 0.25) is 5.43 Å². The number of cyclic esters (lactones) is 1. The molecule has 0 unspecified atom stereocenters. The average Bonchev–Trinajstić information content (AvgIpc) is 3.77. The molecule has 7 rings (SSSR count). The number of anilines is 4. The highest BCUT2D eigenvalue weighted by Crippen LogP contribution is 2.31. The van der Waals surface area contributed by atoms with E-state index in [1.165, 1.54) is 24.2 Å². The van der Waals surface area contributed by atoms with E-state index in [2.05, 4.69) is 15.5 Å². The third-order valence-electron chi connectivity index (χ3n) is 8.56.